The van der Waals surface area contributed by atoms with Crippen molar-refractivity contribution < 1.29 is 14.3 Å². The van der Waals surface area contributed by atoms with Crippen LogP contribution < -0.4 is 9.47 Å². The molecule has 3 rings (SSSR count). The Bertz CT molecular complexity index is 820. The van der Waals surface area contributed by atoms with E-state index >= 15 is 0 Å². The van der Waals surface area contributed by atoms with Crippen molar-refractivity contribution in [3.8, 4) is 11.5 Å². The number of likely N-dealkylation sites (N-methyl/N-ethyl adjacent to an activating group) is 1. The van der Waals surface area contributed by atoms with Crippen LogP contribution in [0.5, 0.6) is 11.5 Å². The summed E-state index contributed by atoms with van der Waals surface area (Å²) in [5.74, 6) is 1.61. The first-order valence-electron chi connectivity index (χ1n) is 10.5. The molecule has 1 atom stereocenters. The van der Waals surface area contributed by atoms with Crippen LogP contribution >= 0.6 is 0 Å². The highest BCUT2D eigenvalue weighted by Gasteiger charge is 2.27. The third-order valence-electron chi connectivity index (χ3n) is 5.83. The van der Waals surface area contributed by atoms with Crippen LogP contribution in [-0.4, -0.2) is 74.1 Å². The minimum Gasteiger partial charge on any atom is -0.493 e. The van der Waals surface area contributed by atoms with Gasteiger partial charge in [-0.1, -0.05) is 36.4 Å². The molecule has 162 valence electrons. The van der Waals surface area contributed by atoms with E-state index < -0.39 is 0 Å². The lowest BCUT2D eigenvalue weighted by Crippen LogP contribution is -2.53. The van der Waals surface area contributed by atoms with Gasteiger partial charge in [-0.05, 0) is 37.2 Å². The summed E-state index contributed by atoms with van der Waals surface area (Å²) in [5.41, 5.74) is 2.41. The molecule has 1 heterocycles. The Labute approximate surface area is 180 Å². The Hall–Kier alpha value is -2.57. The van der Waals surface area contributed by atoms with E-state index in [0.29, 0.717) is 18.0 Å². The number of nitrogens with zero attached hydrogens (tertiary/aromatic N) is 3. The molecule has 6 nitrogen and oxygen atoms in total. The molecule has 1 aliphatic rings. The molecule has 1 saturated heterocycles. The Morgan fingerprint density at radius 2 is 1.63 bits per heavy atom. The van der Waals surface area contributed by atoms with Crippen molar-refractivity contribution in [1.82, 2.24) is 14.7 Å². The van der Waals surface area contributed by atoms with Crippen LogP contribution in [0.4, 0.5) is 0 Å². The molecule has 0 unspecified atom stereocenters. The van der Waals surface area contributed by atoms with E-state index in [4.69, 9.17) is 9.47 Å². The summed E-state index contributed by atoms with van der Waals surface area (Å²) in [6.45, 7) is 6.97. The van der Waals surface area contributed by atoms with Crippen LogP contribution in [0.25, 0.3) is 0 Å². The van der Waals surface area contributed by atoms with Gasteiger partial charge in [0.1, 0.15) is 0 Å². The molecule has 0 radical (unpaired) electrons. The van der Waals surface area contributed by atoms with Gasteiger partial charge < -0.3 is 14.4 Å². The predicted molar refractivity (Wildman–Crippen MR) is 119 cm³/mol. The van der Waals surface area contributed by atoms with E-state index in [1.807, 2.05) is 43.1 Å². The molecule has 1 amide bonds. The Kier molecular flexibility index (Phi) is 7.71. The molecule has 2 aromatic carbocycles. The van der Waals surface area contributed by atoms with Crippen molar-refractivity contribution >= 4 is 5.91 Å². The second-order valence-electron chi connectivity index (χ2n) is 7.87. The monoisotopic (exact) mass is 411 g/mol. The summed E-state index contributed by atoms with van der Waals surface area (Å²) in [4.78, 5) is 19.5. The topological polar surface area (TPSA) is 45.2 Å². The zero-order chi connectivity index (χ0) is 21.5. The van der Waals surface area contributed by atoms with Crippen molar-refractivity contribution in [3.63, 3.8) is 0 Å². The zero-order valence-corrected chi connectivity index (χ0v) is 18.5. The summed E-state index contributed by atoms with van der Waals surface area (Å²) in [6.07, 6.45) is 0. The van der Waals surface area contributed by atoms with Crippen molar-refractivity contribution in [3.05, 3.63) is 59.7 Å². The summed E-state index contributed by atoms with van der Waals surface area (Å²) < 4.78 is 10.7. The van der Waals surface area contributed by atoms with E-state index in [1.165, 1.54) is 5.56 Å². The second kappa shape index (κ2) is 10.5. The van der Waals surface area contributed by atoms with E-state index in [2.05, 4.69) is 34.1 Å². The number of hydrogen-bond donors (Lipinski definition) is 0. The smallest absolute Gasteiger partial charge is 0.239 e. The lowest BCUT2D eigenvalue weighted by molar-refractivity contribution is -0.138. The lowest BCUT2D eigenvalue weighted by atomic mass is 10.1. The summed E-state index contributed by atoms with van der Waals surface area (Å²) in [5, 5.41) is 0. The molecule has 2 aromatic rings. The first-order valence-corrected chi connectivity index (χ1v) is 10.5. The highest BCUT2D eigenvalue weighted by Crippen LogP contribution is 2.28. The normalized spacial score (nSPS) is 15.8. The maximum Gasteiger partial charge on any atom is 0.239 e. The molecule has 1 fully saturated rings. The van der Waals surface area contributed by atoms with Crippen molar-refractivity contribution in [2.24, 2.45) is 0 Å². The van der Waals surface area contributed by atoms with Crippen LogP contribution in [0.15, 0.2) is 48.5 Å². The molecule has 0 N–H and O–H groups in total. The summed E-state index contributed by atoms with van der Waals surface area (Å²) in [7, 11) is 5.25. The minimum atomic E-state index is -0.182. The number of benzene rings is 2. The van der Waals surface area contributed by atoms with E-state index in [1.54, 1.807) is 14.2 Å². The molecule has 30 heavy (non-hydrogen) atoms. The number of rotatable bonds is 8. The maximum absolute atomic E-state index is 13.0. The first-order chi connectivity index (χ1) is 14.5. The van der Waals surface area contributed by atoms with Crippen molar-refractivity contribution in [2.45, 2.75) is 26.1 Å². The third kappa shape index (κ3) is 5.52. The third-order valence-corrected chi connectivity index (χ3v) is 5.83. The Balaban J connectivity index is 1.51. The van der Waals surface area contributed by atoms with Gasteiger partial charge in [-0.2, -0.15) is 0 Å². The Morgan fingerprint density at radius 1 is 0.967 bits per heavy atom. The lowest BCUT2D eigenvalue weighted by Gasteiger charge is -2.37. The molecule has 0 saturated carbocycles. The minimum absolute atomic E-state index is 0.182. The molecule has 0 aromatic heterocycles. The summed E-state index contributed by atoms with van der Waals surface area (Å²) >= 11 is 0. The Morgan fingerprint density at radius 3 is 2.27 bits per heavy atom. The number of amides is 1. The molecular formula is C24H33N3O3. The van der Waals surface area contributed by atoms with Gasteiger partial charge in [-0.3, -0.25) is 14.6 Å². The average molecular weight is 412 g/mol. The van der Waals surface area contributed by atoms with Crippen LogP contribution in [0.2, 0.25) is 0 Å². The number of piperazine rings is 1. The summed E-state index contributed by atoms with van der Waals surface area (Å²) in [6, 6.07) is 16.2. The van der Waals surface area contributed by atoms with Crippen LogP contribution in [0.3, 0.4) is 0 Å². The fourth-order valence-electron chi connectivity index (χ4n) is 3.82. The van der Waals surface area contributed by atoms with Gasteiger partial charge in [0.15, 0.2) is 11.5 Å². The zero-order valence-electron chi connectivity index (χ0n) is 18.5. The van der Waals surface area contributed by atoms with Gasteiger partial charge in [0.2, 0.25) is 5.91 Å². The molecular weight excluding hydrogens is 378 g/mol. The van der Waals surface area contributed by atoms with Gasteiger partial charge >= 0.3 is 0 Å². The van der Waals surface area contributed by atoms with Crippen LogP contribution in [0.1, 0.15) is 18.1 Å². The molecule has 6 heteroatoms. The van der Waals surface area contributed by atoms with Gasteiger partial charge in [-0.15, -0.1) is 0 Å². The highest BCUT2D eigenvalue weighted by molar-refractivity contribution is 5.81. The maximum atomic E-state index is 13.0. The number of methoxy groups -OCH3 is 2. The number of hydrogen-bond acceptors (Lipinski definition) is 5. The van der Waals surface area contributed by atoms with Gasteiger partial charge in [0.25, 0.3) is 0 Å². The second-order valence-corrected chi connectivity index (χ2v) is 7.87. The SMILES string of the molecule is COc1ccc(CN(C)[C@@H](C)C(=O)N2CCN(Cc3ccccc3)CC2)cc1OC. The number of carbonyl (C=O) groups is 1. The largest absolute Gasteiger partial charge is 0.493 e. The number of ether oxygens (including phenoxy) is 2. The number of carbonyl (C=O) groups excluding carboxylic acids is 1. The van der Waals surface area contributed by atoms with Gasteiger partial charge in [0.05, 0.1) is 20.3 Å². The standard InChI is InChI=1S/C24H33N3O3/c1-19(25(2)17-21-10-11-22(29-3)23(16-21)30-4)24(28)27-14-12-26(13-15-27)18-20-8-6-5-7-9-20/h5-11,16,19H,12-15,17-18H2,1-4H3/t19-/m0/s1. The molecule has 0 aliphatic carbocycles. The molecule has 0 spiro atoms. The van der Waals surface area contributed by atoms with E-state index in [0.717, 1.165) is 38.3 Å². The average Bonchev–Trinajstić information content (AvgIpc) is 2.79. The van der Waals surface area contributed by atoms with Crippen LogP contribution in [-0.2, 0) is 17.9 Å². The van der Waals surface area contributed by atoms with Gasteiger partial charge in [0, 0.05) is 39.3 Å². The highest BCUT2D eigenvalue weighted by atomic mass is 16.5. The quantitative estimate of drug-likeness (QED) is 0.668. The van der Waals surface area contributed by atoms with Crippen molar-refractivity contribution in [1.29, 1.82) is 0 Å². The van der Waals surface area contributed by atoms with Gasteiger partial charge in [-0.25, -0.2) is 0 Å². The van der Waals surface area contributed by atoms with E-state index in [-0.39, 0.29) is 11.9 Å². The molecule has 0 bridgehead atoms. The van der Waals surface area contributed by atoms with Crippen molar-refractivity contribution in [2.75, 3.05) is 47.4 Å². The fraction of sp³-hybridized carbons (Fsp3) is 0.458. The van der Waals surface area contributed by atoms with Crippen LogP contribution in [0, 0.1) is 0 Å². The molecule has 1 aliphatic heterocycles. The predicted octanol–water partition coefficient (Wildman–Crippen LogP) is 2.87. The first kappa shape index (κ1) is 22.1. The van der Waals surface area contributed by atoms with E-state index in [9.17, 15) is 4.79 Å². The fourth-order valence-corrected chi connectivity index (χ4v) is 3.82.